The number of hydrogen-bond donors (Lipinski definition) is 1. The number of fused-ring (bicyclic) bond motifs is 1. The van der Waals surface area contributed by atoms with Crippen LogP contribution in [0.3, 0.4) is 0 Å². The number of anilines is 1. The molecule has 1 aromatic carbocycles. The first-order valence-electron chi connectivity index (χ1n) is 6.93. The van der Waals surface area contributed by atoms with Crippen LogP contribution < -0.4 is 5.73 Å². The number of aryl methyl sites for hydroxylation is 1. The first kappa shape index (κ1) is 12.6. The summed E-state index contributed by atoms with van der Waals surface area (Å²) in [6.07, 6.45) is 7.28. The molecule has 4 aromatic rings. The fourth-order valence-electron chi connectivity index (χ4n) is 2.55. The van der Waals surface area contributed by atoms with E-state index in [1.165, 1.54) is 0 Å². The van der Waals surface area contributed by atoms with E-state index in [1.54, 1.807) is 12.4 Å². The van der Waals surface area contributed by atoms with E-state index in [1.807, 2.05) is 47.2 Å². The molecule has 0 saturated carbocycles. The van der Waals surface area contributed by atoms with Crippen molar-refractivity contribution in [1.29, 1.82) is 0 Å². The quantitative estimate of drug-likeness (QED) is 0.575. The number of aromatic nitrogens is 5. The van der Waals surface area contributed by atoms with Crippen LogP contribution in [0.5, 0.6) is 0 Å². The van der Waals surface area contributed by atoms with Gasteiger partial charge in [-0.05, 0) is 30.7 Å². The second kappa shape index (κ2) is 4.70. The van der Waals surface area contributed by atoms with Crippen LogP contribution in [0.1, 0.15) is 5.56 Å². The number of benzene rings is 1. The minimum Gasteiger partial charge on any atom is -0.399 e. The van der Waals surface area contributed by atoms with Crippen molar-refractivity contribution in [3.8, 4) is 16.9 Å². The number of nitrogen functional groups attached to an aromatic ring is 1. The van der Waals surface area contributed by atoms with Crippen LogP contribution in [0.2, 0.25) is 0 Å². The Morgan fingerprint density at radius 1 is 1.05 bits per heavy atom. The highest BCUT2D eigenvalue weighted by atomic mass is 15.3. The lowest BCUT2D eigenvalue weighted by molar-refractivity contribution is 0.964. The second-order valence-electron chi connectivity index (χ2n) is 5.18. The highest BCUT2D eigenvalue weighted by Gasteiger charge is 2.11. The Kier molecular flexibility index (Phi) is 2.69. The van der Waals surface area contributed by atoms with Gasteiger partial charge in [-0.25, -0.2) is 4.52 Å². The van der Waals surface area contributed by atoms with Crippen LogP contribution in [-0.4, -0.2) is 24.4 Å². The molecule has 0 bridgehead atoms. The normalized spacial score (nSPS) is 11.1. The summed E-state index contributed by atoms with van der Waals surface area (Å²) in [5.74, 6) is 0. The van der Waals surface area contributed by atoms with E-state index in [2.05, 4.69) is 26.8 Å². The van der Waals surface area contributed by atoms with Crippen molar-refractivity contribution in [2.24, 2.45) is 0 Å². The molecule has 4 rings (SSSR count). The molecule has 0 atom stereocenters. The molecule has 6 heteroatoms. The van der Waals surface area contributed by atoms with Gasteiger partial charge in [-0.1, -0.05) is 6.07 Å². The lowest BCUT2D eigenvalue weighted by Gasteiger charge is -2.08. The Morgan fingerprint density at radius 3 is 2.77 bits per heavy atom. The first-order valence-corrected chi connectivity index (χ1v) is 6.93. The highest BCUT2D eigenvalue weighted by Crippen LogP contribution is 2.24. The van der Waals surface area contributed by atoms with Gasteiger partial charge in [-0.15, -0.1) is 0 Å². The molecule has 0 amide bonds. The maximum atomic E-state index is 5.92. The average Bonchev–Trinajstić information content (AvgIpc) is 3.11. The van der Waals surface area contributed by atoms with Crippen molar-refractivity contribution in [3.63, 3.8) is 0 Å². The van der Waals surface area contributed by atoms with Crippen molar-refractivity contribution in [2.45, 2.75) is 6.92 Å². The minimum atomic E-state index is 0.741. The molecule has 0 aliphatic carbocycles. The summed E-state index contributed by atoms with van der Waals surface area (Å²) in [5, 5.41) is 12.3. The second-order valence-corrected chi connectivity index (χ2v) is 5.18. The van der Waals surface area contributed by atoms with Gasteiger partial charge in [0.15, 0.2) is 0 Å². The molecule has 0 fully saturated rings. The Labute approximate surface area is 126 Å². The number of nitrogens with zero attached hydrogens (tertiary/aromatic N) is 5. The lowest BCUT2D eigenvalue weighted by atomic mass is 10.2. The molecule has 108 valence electrons. The van der Waals surface area contributed by atoms with Gasteiger partial charge in [0, 0.05) is 29.7 Å². The van der Waals surface area contributed by atoms with Gasteiger partial charge < -0.3 is 5.73 Å². The Balaban J connectivity index is 1.90. The van der Waals surface area contributed by atoms with Crippen molar-refractivity contribution in [2.75, 3.05) is 5.73 Å². The zero-order valence-electron chi connectivity index (χ0n) is 12.0. The Hall–Kier alpha value is -3.15. The van der Waals surface area contributed by atoms with Gasteiger partial charge in [0.25, 0.3) is 0 Å². The maximum Gasteiger partial charge on any atom is 0.140 e. The molecule has 0 aliphatic rings. The van der Waals surface area contributed by atoms with Crippen LogP contribution >= 0.6 is 0 Å². The van der Waals surface area contributed by atoms with Crippen molar-refractivity contribution < 1.29 is 0 Å². The highest BCUT2D eigenvalue weighted by molar-refractivity contribution is 5.66. The molecule has 0 unspecified atom stereocenters. The Morgan fingerprint density at radius 2 is 1.95 bits per heavy atom. The fraction of sp³-hybridized carbons (Fsp3) is 0.0625. The summed E-state index contributed by atoms with van der Waals surface area (Å²) in [6, 6.07) is 9.82. The average molecular weight is 290 g/mol. The van der Waals surface area contributed by atoms with Gasteiger partial charge in [-0.2, -0.15) is 15.3 Å². The van der Waals surface area contributed by atoms with Crippen molar-refractivity contribution in [3.05, 3.63) is 60.7 Å². The maximum absolute atomic E-state index is 5.92. The third kappa shape index (κ3) is 1.93. The first-order chi connectivity index (χ1) is 10.7. The van der Waals surface area contributed by atoms with Crippen molar-refractivity contribution >= 4 is 11.3 Å². The van der Waals surface area contributed by atoms with E-state index >= 15 is 0 Å². The molecule has 3 aromatic heterocycles. The number of rotatable bonds is 2. The molecule has 2 N–H and O–H groups in total. The van der Waals surface area contributed by atoms with Crippen LogP contribution in [0, 0.1) is 6.92 Å². The van der Waals surface area contributed by atoms with E-state index < -0.39 is 0 Å². The molecule has 3 heterocycles. The molecule has 6 nitrogen and oxygen atoms in total. The summed E-state index contributed by atoms with van der Waals surface area (Å²) in [7, 11) is 0. The molecule has 0 aliphatic heterocycles. The number of hydrogen-bond acceptors (Lipinski definition) is 4. The summed E-state index contributed by atoms with van der Waals surface area (Å²) >= 11 is 0. The van der Waals surface area contributed by atoms with Gasteiger partial charge in [0.2, 0.25) is 0 Å². The van der Waals surface area contributed by atoms with E-state index in [4.69, 9.17) is 5.73 Å². The van der Waals surface area contributed by atoms with Crippen LogP contribution in [-0.2, 0) is 0 Å². The van der Waals surface area contributed by atoms with Gasteiger partial charge in [0.1, 0.15) is 5.65 Å². The molecular weight excluding hydrogens is 276 g/mol. The standard InChI is InChI=1S/C16H14N6/c1-11-2-3-13(17)8-15(11)21-6-7-22-16(21)9-14(20-22)12-4-5-18-19-10-12/h2-10H,17H2,1H3. The zero-order chi connectivity index (χ0) is 15.1. The third-order valence-corrected chi connectivity index (χ3v) is 3.69. The SMILES string of the molecule is Cc1ccc(N)cc1-n1ccn2nc(-c3ccnnc3)cc12. The Bertz CT molecular complexity index is 951. The van der Waals surface area contributed by atoms with E-state index in [0.717, 1.165) is 33.8 Å². The van der Waals surface area contributed by atoms with Gasteiger partial charge in [-0.3, -0.25) is 4.57 Å². The van der Waals surface area contributed by atoms with Crippen LogP contribution in [0.4, 0.5) is 5.69 Å². The molecular formula is C16H14N6. The summed E-state index contributed by atoms with van der Waals surface area (Å²) in [4.78, 5) is 0. The zero-order valence-corrected chi connectivity index (χ0v) is 12.0. The summed E-state index contributed by atoms with van der Waals surface area (Å²) in [6.45, 7) is 2.06. The van der Waals surface area contributed by atoms with E-state index in [0.29, 0.717) is 0 Å². The molecule has 0 radical (unpaired) electrons. The molecule has 0 spiro atoms. The predicted molar refractivity (Wildman–Crippen MR) is 84.7 cm³/mol. The van der Waals surface area contributed by atoms with Gasteiger partial charge in [0.05, 0.1) is 23.8 Å². The fourth-order valence-corrected chi connectivity index (χ4v) is 2.55. The molecule has 22 heavy (non-hydrogen) atoms. The lowest BCUT2D eigenvalue weighted by Crippen LogP contribution is -1.97. The third-order valence-electron chi connectivity index (χ3n) is 3.69. The predicted octanol–water partition coefficient (Wildman–Crippen LogP) is 2.47. The van der Waals surface area contributed by atoms with Crippen molar-refractivity contribution in [1.82, 2.24) is 24.4 Å². The molecule has 0 saturated heterocycles. The smallest absolute Gasteiger partial charge is 0.140 e. The van der Waals surface area contributed by atoms with Crippen LogP contribution in [0.25, 0.3) is 22.6 Å². The monoisotopic (exact) mass is 290 g/mol. The largest absolute Gasteiger partial charge is 0.399 e. The van der Waals surface area contributed by atoms with E-state index in [-0.39, 0.29) is 0 Å². The minimum absolute atomic E-state index is 0.741. The topological polar surface area (TPSA) is 74.0 Å². The summed E-state index contributed by atoms with van der Waals surface area (Å²) < 4.78 is 3.93. The van der Waals surface area contributed by atoms with Crippen LogP contribution in [0.15, 0.2) is 55.1 Å². The number of nitrogens with two attached hydrogens (primary N) is 1. The summed E-state index contributed by atoms with van der Waals surface area (Å²) in [5.41, 5.74) is 11.6. The van der Waals surface area contributed by atoms with E-state index in [9.17, 15) is 0 Å². The van der Waals surface area contributed by atoms with Gasteiger partial charge >= 0.3 is 0 Å². The number of imidazole rings is 1.